The van der Waals surface area contributed by atoms with Gasteiger partial charge < -0.3 is 10.2 Å². The van der Waals surface area contributed by atoms with Gasteiger partial charge >= 0.3 is 0 Å². The van der Waals surface area contributed by atoms with Crippen LogP contribution in [-0.4, -0.2) is 30.7 Å². The summed E-state index contributed by atoms with van der Waals surface area (Å²) in [5.41, 5.74) is 5.58. The summed E-state index contributed by atoms with van der Waals surface area (Å²) in [6, 6.07) is 20.8. The highest BCUT2D eigenvalue weighted by Gasteiger charge is 2.34. The predicted molar refractivity (Wildman–Crippen MR) is 117 cm³/mol. The van der Waals surface area contributed by atoms with Gasteiger partial charge in [0.2, 0.25) is 0 Å². The molecule has 142 valence electrons. The molecule has 2 heterocycles. The SMILES string of the molecule is Clc1ccc2c3c(cccc13)CC2N1CCC(N2CNc3ccccc32)CC1. The van der Waals surface area contributed by atoms with E-state index >= 15 is 0 Å². The summed E-state index contributed by atoms with van der Waals surface area (Å²) in [6.45, 7) is 3.26. The third kappa shape index (κ3) is 2.46. The summed E-state index contributed by atoms with van der Waals surface area (Å²) < 4.78 is 0. The first kappa shape index (κ1) is 16.7. The van der Waals surface area contributed by atoms with Crippen LogP contribution in [-0.2, 0) is 6.42 Å². The third-order valence-electron chi connectivity index (χ3n) is 6.91. The molecule has 1 atom stereocenters. The van der Waals surface area contributed by atoms with Gasteiger partial charge in [-0.3, -0.25) is 4.90 Å². The van der Waals surface area contributed by atoms with Crippen LogP contribution in [0.25, 0.3) is 10.8 Å². The van der Waals surface area contributed by atoms with Gasteiger partial charge in [-0.2, -0.15) is 0 Å². The van der Waals surface area contributed by atoms with E-state index in [9.17, 15) is 0 Å². The quantitative estimate of drug-likeness (QED) is 0.629. The first-order chi connectivity index (χ1) is 13.8. The standard InChI is InChI=1S/C24H24ClN3/c25-20-9-8-19-23(14-16-4-3-5-18(20)24(16)19)27-12-10-17(11-13-27)28-15-26-21-6-1-2-7-22(21)28/h1-9,17,23,26H,10-15H2. The molecule has 4 heteroatoms. The van der Waals surface area contributed by atoms with Crippen molar-refractivity contribution in [2.75, 3.05) is 30.0 Å². The van der Waals surface area contributed by atoms with Gasteiger partial charge in [-0.05, 0) is 54.0 Å². The van der Waals surface area contributed by atoms with Crippen LogP contribution >= 0.6 is 11.6 Å². The van der Waals surface area contributed by atoms with Crippen molar-refractivity contribution in [1.82, 2.24) is 4.90 Å². The molecule has 3 nitrogen and oxygen atoms in total. The van der Waals surface area contributed by atoms with E-state index in [1.54, 1.807) is 0 Å². The predicted octanol–water partition coefficient (Wildman–Crippen LogP) is 5.44. The molecule has 1 N–H and O–H groups in total. The Morgan fingerprint density at radius 3 is 2.68 bits per heavy atom. The van der Waals surface area contributed by atoms with E-state index in [0.717, 1.165) is 31.2 Å². The van der Waals surface area contributed by atoms with Crippen molar-refractivity contribution in [1.29, 1.82) is 0 Å². The molecule has 0 amide bonds. The molecule has 1 aliphatic carbocycles. The normalized spacial score (nSPS) is 21.9. The van der Waals surface area contributed by atoms with Crippen LogP contribution in [0, 0.1) is 0 Å². The smallest absolute Gasteiger partial charge is 0.0880 e. The molecule has 3 aromatic carbocycles. The molecule has 1 fully saturated rings. The molecule has 2 aliphatic heterocycles. The van der Waals surface area contributed by atoms with Crippen LogP contribution in [0.15, 0.2) is 54.6 Å². The van der Waals surface area contributed by atoms with Gasteiger partial charge in [-0.15, -0.1) is 0 Å². The number of benzene rings is 3. The average molecular weight is 390 g/mol. The fraction of sp³-hybridized carbons (Fsp3) is 0.333. The molecule has 3 aromatic rings. The minimum absolute atomic E-state index is 0.502. The zero-order valence-electron chi connectivity index (χ0n) is 15.9. The third-order valence-corrected chi connectivity index (χ3v) is 7.24. The Bertz CT molecular complexity index is 1050. The van der Waals surface area contributed by atoms with E-state index in [1.165, 1.54) is 46.1 Å². The van der Waals surface area contributed by atoms with Gasteiger partial charge in [-0.1, -0.05) is 48.0 Å². The zero-order valence-corrected chi connectivity index (χ0v) is 16.6. The Hall–Kier alpha value is -2.23. The second-order valence-corrected chi connectivity index (χ2v) is 8.69. The molecule has 0 saturated carbocycles. The highest BCUT2D eigenvalue weighted by molar-refractivity contribution is 6.35. The maximum absolute atomic E-state index is 6.47. The minimum Gasteiger partial charge on any atom is -0.366 e. The number of anilines is 2. The number of fused-ring (bicyclic) bond motifs is 1. The van der Waals surface area contributed by atoms with Crippen molar-refractivity contribution in [3.63, 3.8) is 0 Å². The van der Waals surface area contributed by atoms with Crippen LogP contribution in [0.3, 0.4) is 0 Å². The lowest BCUT2D eigenvalue weighted by atomic mass is 9.98. The molecule has 1 saturated heterocycles. The number of nitrogens with zero attached hydrogens (tertiary/aromatic N) is 2. The number of hydrogen-bond acceptors (Lipinski definition) is 3. The maximum Gasteiger partial charge on any atom is 0.0880 e. The topological polar surface area (TPSA) is 18.5 Å². The highest BCUT2D eigenvalue weighted by atomic mass is 35.5. The van der Waals surface area contributed by atoms with Gasteiger partial charge in [0, 0.05) is 35.6 Å². The second-order valence-electron chi connectivity index (χ2n) is 8.29. The monoisotopic (exact) mass is 389 g/mol. The lowest BCUT2D eigenvalue weighted by molar-refractivity contribution is 0.154. The molecule has 0 spiro atoms. The second kappa shape index (κ2) is 6.40. The Labute approximate surface area is 170 Å². The Balaban J connectivity index is 1.22. The lowest BCUT2D eigenvalue weighted by Gasteiger charge is -2.40. The zero-order chi connectivity index (χ0) is 18.7. The van der Waals surface area contributed by atoms with Crippen LogP contribution in [0.2, 0.25) is 5.02 Å². The number of rotatable bonds is 2. The molecular formula is C24H24ClN3. The minimum atomic E-state index is 0.502. The maximum atomic E-state index is 6.47. The van der Waals surface area contributed by atoms with E-state index in [1.807, 2.05) is 0 Å². The van der Waals surface area contributed by atoms with Crippen molar-refractivity contribution in [2.45, 2.75) is 31.3 Å². The van der Waals surface area contributed by atoms with E-state index in [-0.39, 0.29) is 0 Å². The van der Waals surface area contributed by atoms with Crippen molar-refractivity contribution in [3.05, 3.63) is 70.7 Å². The summed E-state index contributed by atoms with van der Waals surface area (Å²) in [5, 5.41) is 7.04. The largest absolute Gasteiger partial charge is 0.366 e. The van der Waals surface area contributed by atoms with Crippen LogP contribution < -0.4 is 10.2 Å². The van der Waals surface area contributed by atoms with Gasteiger partial charge in [0.25, 0.3) is 0 Å². The van der Waals surface area contributed by atoms with Gasteiger partial charge in [-0.25, -0.2) is 0 Å². The average Bonchev–Trinajstić information content (AvgIpc) is 3.34. The first-order valence-electron chi connectivity index (χ1n) is 10.3. The van der Waals surface area contributed by atoms with Gasteiger partial charge in [0.1, 0.15) is 0 Å². The van der Waals surface area contributed by atoms with E-state index < -0.39 is 0 Å². The molecule has 28 heavy (non-hydrogen) atoms. The highest BCUT2D eigenvalue weighted by Crippen LogP contribution is 2.43. The number of para-hydroxylation sites is 2. The number of piperidine rings is 1. The van der Waals surface area contributed by atoms with Gasteiger partial charge in [0.05, 0.1) is 18.0 Å². The van der Waals surface area contributed by atoms with Crippen molar-refractivity contribution in [3.8, 4) is 0 Å². The summed E-state index contributed by atoms with van der Waals surface area (Å²) in [6.07, 6.45) is 3.56. The van der Waals surface area contributed by atoms with Crippen LogP contribution in [0.5, 0.6) is 0 Å². The Morgan fingerprint density at radius 1 is 0.929 bits per heavy atom. The molecule has 6 rings (SSSR count). The van der Waals surface area contributed by atoms with Gasteiger partial charge in [0.15, 0.2) is 0 Å². The molecule has 3 aliphatic rings. The molecule has 0 radical (unpaired) electrons. The summed E-state index contributed by atoms with van der Waals surface area (Å²) in [5.74, 6) is 0. The number of halogens is 1. The lowest BCUT2D eigenvalue weighted by Crippen LogP contribution is -2.46. The Morgan fingerprint density at radius 2 is 1.79 bits per heavy atom. The fourth-order valence-corrected chi connectivity index (χ4v) is 5.75. The Kier molecular flexibility index (Phi) is 3.82. The van der Waals surface area contributed by atoms with Crippen LogP contribution in [0.4, 0.5) is 11.4 Å². The number of likely N-dealkylation sites (tertiary alicyclic amines) is 1. The summed E-state index contributed by atoms with van der Waals surface area (Å²) >= 11 is 6.47. The molecule has 0 aromatic heterocycles. The van der Waals surface area contributed by atoms with E-state index in [2.05, 4.69) is 69.7 Å². The van der Waals surface area contributed by atoms with Crippen LogP contribution in [0.1, 0.15) is 30.0 Å². The van der Waals surface area contributed by atoms with Crippen molar-refractivity contribution >= 4 is 33.7 Å². The summed E-state index contributed by atoms with van der Waals surface area (Å²) in [4.78, 5) is 5.27. The molecular weight excluding hydrogens is 366 g/mol. The van der Waals surface area contributed by atoms with E-state index in [4.69, 9.17) is 11.6 Å². The first-order valence-corrected chi connectivity index (χ1v) is 10.7. The number of nitrogens with one attached hydrogen (secondary N) is 1. The fourth-order valence-electron chi connectivity index (χ4n) is 5.53. The molecule has 1 unspecified atom stereocenters. The van der Waals surface area contributed by atoms with E-state index in [0.29, 0.717) is 12.1 Å². The van der Waals surface area contributed by atoms with Crippen molar-refractivity contribution < 1.29 is 0 Å². The summed E-state index contributed by atoms with van der Waals surface area (Å²) in [7, 11) is 0. The molecule has 0 bridgehead atoms. The number of hydrogen-bond donors (Lipinski definition) is 1. The van der Waals surface area contributed by atoms with Crippen molar-refractivity contribution in [2.24, 2.45) is 0 Å².